The SMILES string of the molecule is CCOC(=O)c1ccc(C(=O)Nc2cccc(S(=O)(=O)N3CCNC(=O)C3)c2)nc1C. The molecule has 1 saturated heterocycles. The van der Waals surface area contributed by atoms with Crippen LogP contribution in [0.25, 0.3) is 0 Å². The number of benzene rings is 1. The Morgan fingerprint density at radius 1 is 1.26 bits per heavy atom. The van der Waals surface area contributed by atoms with Gasteiger partial charge in [0, 0.05) is 18.8 Å². The summed E-state index contributed by atoms with van der Waals surface area (Å²) in [5.74, 6) is -1.46. The predicted molar refractivity (Wildman–Crippen MR) is 111 cm³/mol. The topological polar surface area (TPSA) is 135 Å². The first-order valence-corrected chi connectivity index (χ1v) is 11.0. The third kappa shape index (κ3) is 5.06. The van der Waals surface area contributed by atoms with Gasteiger partial charge in [0.1, 0.15) is 5.69 Å². The van der Waals surface area contributed by atoms with Gasteiger partial charge in [-0.25, -0.2) is 18.2 Å². The Balaban J connectivity index is 1.78. The molecule has 3 rings (SSSR count). The smallest absolute Gasteiger partial charge is 0.339 e. The number of aromatic nitrogens is 1. The van der Waals surface area contributed by atoms with Crippen molar-refractivity contribution in [3.05, 3.63) is 53.3 Å². The van der Waals surface area contributed by atoms with Gasteiger partial charge in [-0.3, -0.25) is 9.59 Å². The minimum atomic E-state index is -3.89. The molecule has 1 aliphatic rings. The van der Waals surface area contributed by atoms with Gasteiger partial charge in [0.15, 0.2) is 0 Å². The van der Waals surface area contributed by atoms with Crippen LogP contribution in [-0.4, -0.2) is 61.7 Å². The summed E-state index contributed by atoms with van der Waals surface area (Å²) in [5.41, 5.74) is 0.913. The van der Waals surface area contributed by atoms with Gasteiger partial charge in [0.05, 0.1) is 29.3 Å². The van der Waals surface area contributed by atoms with E-state index in [1.54, 1.807) is 19.9 Å². The first-order valence-electron chi connectivity index (χ1n) is 9.55. The number of anilines is 1. The Morgan fingerprint density at radius 3 is 2.71 bits per heavy atom. The van der Waals surface area contributed by atoms with E-state index < -0.39 is 21.9 Å². The second-order valence-electron chi connectivity index (χ2n) is 6.72. The molecule has 2 N–H and O–H groups in total. The van der Waals surface area contributed by atoms with Crippen LogP contribution in [0.15, 0.2) is 41.3 Å². The van der Waals surface area contributed by atoms with E-state index in [2.05, 4.69) is 15.6 Å². The number of aryl methyl sites for hydroxylation is 1. The Bertz CT molecular complexity index is 1130. The molecule has 10 nitrogen and oxygen atoms in total. The van der Waals surface area contributed by atoms with Crippen molar-refractivity contribution in [2.24, 2.45) is 0 Å². The molecule has 1 aliphatic heterocycles. The highest BCUT2D eigenvalue weighted by Gasteiger charge is 2.29. The van der Waals surface area contributed by atoms with E-state index in [-0.39, 0.29) is 54.0 Å². The second-order valence-corrected chi connectivity index (χ2v) is 8.66. The third-order valence-corrected chi connectivity index (χ3v) is 6.39. The molecule has 0 unspecified atom stereocenters. The maximum absolute atomic E-state index is 12.8. The van der Waals surface area contributed by atoms with Gasteiger partial charge >= 0.3 is 5.97 Å². The zero-order chi connectivity index (χ0) is 22.6. The summed E-state index contributed by atoms with van der Waals surface area (Å²) in [4.78, 5) is 40.1. The van der Waals surface area contributed by atoms with Gasteiger partial charge in [-0.1, -0.05) is 6.07 Å². The van der Waals surface area contributed by atoms with E-state index in [1.807, 2.05) is 0 Å². The molecule has 31 heavy (non-hydrogen) atoms. The fraction of sp³-hybridized carbons (Fsp3) is 0.300. The normalized spacial score (nSPS) is 14.6. The Labute approximate surface area is 179 Å². The van der Waals surface area contributed by atoms with E-state index in [9.17, 15) is 22.8 Å². The lowest BCUT2D eigenvalue weighted by molar-refractivity contribution is -0.122. The maximum Gasteiger partial charge on any atom is 0.339 e. The molecule has 0 spiro atoms. The fourth-order valence-electron chi connectivity index (χ4n) is 3.01. The van der Waals surface area contributed by atoms with Gasteiger partial charge in [0.2, 0.25) is 15.9 Å². The van der Waals surface area contributed by atoms with E-state index >= 15 is 0 Å². The van der Waals surface area contributed by atoms with Crippen molar-refractivity contribution >= 4 is 33.5 Å². The van der Waals surface area contributed by atoms with Crippen molar-refractivity contribution in [3.8, 4) is 0 Å². The molecule has 1 aromatic carbocycles. The Hall–Kier alpha value is -3.31. The van der Waals surface area contributed by atoms with Gasteiger partial charge in [-0.05, 0) is 44.2 Å². The largest absolute Gasteiger partial charge is 0.462 e. The summed E-state index contributed by atoms with van der Waals surface area (Å²) in [5, 5.41) is 5.18. The summed E-state index contributed by atoms with van der Waals surface area (Å²) >= 11 is 0. The number of pyridine rings is 1. The number of piperazine rings is 1. The number of rotatable bonds is 6. The van der Waals surface area contributed by atoms with Crippen molar-refractivity contribution < 1.29 is 27.5 Å². The molecule has 11 heteroatoms. The molecular formula is C20H22N4O6S. The summed E-state index contributed by atoms with van der Waals surface area (Å²) in [6.07, 6.45) is 0. The monoisotopic (exact) mass is 446 g/mol. The Morgan fingerprint density at radius 2 is 2.03 bits per heavy atom. The molecule has 0 atom stereocenters. The van der Waals surface area contributed by atoms with E-state index in [0.29, 0.717) is 5.69 Å². The molecule has 2 amide bonds. The number of amides is 2. The number of ether oxygens (including phenoxy) is 1. The zero-order valence-corrected chi connectivity index (χ0v) is 17.9. The van der Waals surface area contributed by atoms with Crippen molar-refractivity contribution in [1.82, 2.24) is 14.6 Å². The summed E-state index contributed by atoms with van der Waals surface area (Å²) in [6.45, 7) is 3.65. The zero-order valence-electron chi connectivity index (χ0n) is 17.0. The summed E-state index contributed by atoms with van der Waals surface area (Å²) < 4.78 is 31.7. The first kappa shape index (κ1) is 22.4. The number of hydrogen-bond acceptors (Lipinski definition) is 7. The molecule has 1 fully saturated rings. The third-order valence-electron chi connectivity index (χ3n) is 4.55. The molecule has 0 aliphatic carbocycles. The number of hydrogen-bond donors (Lipinski definition) is 2. The predicted octanol–water partition coefficient (Wildman–Crippen LogP) is 0.940. The molecular weight excluding hydrogens is 424 g/mol. The first-order chi connectivity index (χ1) is 14.7. The van der Waals surface area contributed by atoms with Crippen LogP contribution >= 0.6 is 0 Å². The lowest BCUT2D eigenvalue weighted by Crippen LogP contribution is -2.49. The van der Waals surface area contributed by atoms with E-state index in [4.69, 9.17) is 4.74 Å². The van der Waals surface area contributed by atoms with Gasteiger partial charge < -0.3 is 15.4 Å². The highest BCUT2D eigenvalue weighted by atomic mass is 32.2. The number of nitrogens with one attached hydrogen (secondary N) is 2. The summed E-state index contributed by atoms with van der Waals surface area (Å²) in [7, 11) is -3.89. The van der Waals surface area contributed by atoms with Crippen LogP contribution in [0.2, 0.25) is 0 Å². The minimum Gasteiger partial charge on any atom is -0.462 e. The quantitative estimate of drug-likeness (QED) is 0.631. The van der Waals surface area contributed by atoms with Crippen molar-refractivity contribution in [1.29, 1.82) is 0 Å². The standard InChI is InChI=1S/C20H22N4O6S/c1-3-30-20(27)16-7-8-17(22-13(16)2)19(26)23-14-5-4-6-15(11-14)31(28,29)24-10-9-21-18(25)12-24/h4-8,11H,3,9-10,12H2,1-2H3,(H,21,25)(H,23,26). The number of carbonyl (C=O) groups is 3. The van der Waals surface area contributed by atoms with Gasteiger partial charge in [0.25, 0.3) is 5.91 Å². The van der Waals surface area contributed by atoms with E-state index in [0.717, 1.165) is 4.31 Å². The van der Waals surface area contributed by atoms with Crippen LogP contribution in [0.3, 0.4) is 0 Å². The number of sulfonamides is 1. The van der Waals surface area contributed by atoms with Crippen LogP contribution < -0.4 is 10.6 Å². The molecule has 2 aromatic rings. The lowest BCUT2D eigenvalue weighted by Gasteiger charge is -2.26. The minimum absolute atomic E-state index is 0.0400. The Kier molecular flexibility index (Phi) is 6.66. The highest BCUT2D eigenvalue weighted by molar-refractivity contribution is 7.89. The molecule has 0 saturated carbocycles. The van der Waals surface area contributed by atoms with Crippen LogP contribution in [0, 0.1) is 6.92 Å². The average Bonchev–Trinajstić information content (AvgIpc) is 2.74. The highest BCUT2D eigenvalue weighted by Crippen LogP contribution is 2.21. The van der Waals surface area contributed by atoms with Gasteiger partial charge in [-0.15, -0.1) is 0 Å². The number of carbonyl (C=O) groups excluding carboxylic acids is 3. The molecule has 0 bridgehead atoms. The van der Waals surface area contributed by atoms with E-state index in [1.165, 1.54) is 30.3 Å². The average molecular weight is 446 g/mol. The van der Waals surface area contributed by atoms with Crippen molar-refractivity contribution in [2.45, 2.75) is 18.7 Å². The number of esters is 1. The number of nitrogens with zero attached hydrogens (tertiary/aromatic N) is 2. The molecule has 1 aromatic heterocycles. The van der Waals surface area contributed by atoms with Gasteiger partial charge in [-0.2, -0.15) is 4.31 Å². The van der Waals surface area contributed by atoms with Crippen molar-refractivity contribution in [2.75, 3.05) is 31.6 Å². The van der Waals surface area contributed by atoms with Crippen LogP contribution in [0.5, 0.6) is 0 Å². The maximum atomic E-state index is 12.8. The van der Waals surface area contributed by atoms with Crippen LogP contribution in [0.4, 0.5) is 5.69 Å². The van der Waals surface area contributed by atoms with Crippen LogP contribution in [-0.2, 0) is 19.6 Å². The fourth-order valence-corrected chi connectivity index (χ4v) is 4.45. The van der Waals surface area contributed by atoms with Crippen molar-refractivity contribution in [3.63, 3.8) is 0 Å². The lowest BCUT2D eigenvalue weighted by atomic mass is 10.2. The molecule has 2 heterocycles. The summed E-state index contributed by atoms with van der Waals surface area (Å²) in [6, 6.07) is 8.60. The molecule has 164 valence electrons. The second kappa shape index (κ2) is 9.23. The molecule has 0 radical (unpaired) electrons. The van der Waals surface area contributed by atoms with Crippen LogP contribution in [0.1, 0.15) is 33.5 Å².